The molecule has 0 radical (unpaired) electrons. The predicted molar refractivity (Wildman–Crippen MR) is 79.9 cm³/mol. The average molecular weight is 290 g/mol. The normalized spacial score (nSPS) is 13.2. The molecule has 1 unspecified atom stereocenters. The minimum absolute atomic E-state index is 0.196. The second-order valence-corrected chi connectivity index (χ2v) is 5.49. The van der Waals surface area contributed by atoms with E-state index in [1.165, 1.54) is 0 Å². The highest BCUT2D eigenvalue weighted by molar-refractivity contribution is 6.31. The highest BCUT2D eigenvalue weighted by Gasteiger charge is 2.23. The summed E-state index contributed by atoms with van der Waals surface area (Å²) in [7, 11) is 0. The Morgan fingerprint density at radius 3 is 2.80 bits per heavy atom. The maximum Gasteiger partial charge on any atom is 0.134 e. The number of hydrogen-bond acceptors (Lipinski definition) is 3. The summed E-state index contributed by atoms with van der Waals surface area (Å²) in [6.07, 6.45) is 3.34. The van der Waals surface area contributed by atoms with Crippen LogP contribution in [0.15, 0.2) is 41.1 Å². The molecule has 0 amide bonds. The second-order valence-electron chi connectivity index (χ2n) is 5.08. The zero-order chi connectivity index (χ0) is 14.3. The van der Waals surface area contributed by atoms with E-state index in [0.29, 0.717) is 5.02 Å². The molecule has 0 aliphatic carbocycles. The van der Waals surface area contributed by atoms with E-state index in [0.717, 1.165) is 22.2 Å². The number of nitrogens with two attached hydrogens (primary N) is 1. The van der Waals surface area contributed by atoms with Crippen molar-refractivity contribution in [1.82, 2.24) is 9.78 Å². The van der Waals surface area contributed by atoms with Gasteiger partial charge in [-0.2, -0.15) is 5.10 Å². The predicted octanol–water partition coefficient (Wildman–Crippen LogP) is 3.91. The first kappa shape index (κ1) is 13.2. The lowest BCUT2D eigenvalue weighted by Gasteiger charge is -2.16. The Hall–Kier alpha value is -1.78. The molecule has 2 heterocycles. The molecule has 0 spiro atoms. The quantitative estimate of drug-likeness (QED) is 0.795. The Morgan fingerprint density at radius 2 is 2.05 bits per heavy atom. The summed E-state index contributed by atoms with van der Waals surface area (Å²) in [6.45, 7) is 4.10. The van der Waals surface area contributed by atoms with Crippen LogP contribution in [0.1, 0.15) is 37.2 Å². The zero-order valence-corrected chi connectivity index (χ0v) is 12.1. The van der Waals surface area contributed by atoms with Gasteiger partial charge in [-0.05, 0) is 19.9 Å². The van der Waals surface area contributed by atoms with Crippen LogP contribution >= 0.6 is 11.6 Å². The fourth-order valence-electron chi connectivity index (χ4n) is 2.44. The van der Waals surface area contributed by atoms with E-state index in [4.69, 9.17) is 21.8 Å². The fourth-order valence-corrected chi connectivity index (χ4v) is 2.69. The standard InChI is InChI=1S/C15H16ClN3O/c1-9(2)19-15(12(16)7-18-19)14(17)11-8-20-13-6-4-3-5-10(11)13/h3-9,14H,17H2,1-2H3. The second kappa shape index (κ2) is 4.96. The van der Waals surface area contributed by atoms with Crippen molar-refractivity contribution in [2.45, 2.75) is 25.9 Å². The lowest BCUT2D eigenvalue weighted by Crippen LogP contribution is -2.18. The average Bonchev–Trinajstić information content (AvgIpc) is 3.01. The molecule has 3 rings (SSSR count). The van der Waals surface area contributed by atoms with Crippen molar-refractivity contribution in [2.75, 3.05) is 0 Å². The van der Waals surface area contributed by atoms with Crippen molar-refractivity contribution in [3.8, 4) is 0 Å². The molecule has 2 N–H and O–H groups in total. The summed E-state index contributed by atoms with van der Waals surface area (Å²) in [4.78, 5) is 0. The Balaban J connectivity index is 2.13. The Bertz CT molecular complexity index is 744. The molecule has 0 saturated heterocycles. The fraction of sp³-hybridized carbons (Fsp3) is 0.267. The molecular formula is C15H16ClN3O. The molecule has 0 fully saturated rings. The van der Waals surface area contributed by atoms with Gasteiger partial charge in [0.15, 0.2) is 0 Å². The van der Waals surface area contributed by atoms with Gasteiger partial charge in [0.1, 0.15) is 5.58 Å². The van der Waals surface area contributed by atoms with E-state index in [9.17, 15) is 0 Å². The third-order valence-electron chi connectivity index (χ3n) is 3.42. The SMILES string of the molecule is CC(C)n1ncc(Cl)c1C(N)c1coc2ccccc12. The van der Waals surface area contributed by atoms with E-state index < -0.39 is 0 Å². The number of aromatic nitrogens is 2. The summed E-state index contributed by atoms with van der Waals surface area (Å²) < 4.78 is 7.41. The van der Waals surface area contributed by atoms with Gasteiger partial charge in [0, 0.05) is 17.0 Å². The van der Waals surface area contributed by atoms with Crippen LogP contribution in [0.3, 0.4) is 0 Å². The summed E-state index contributed by atoms with van der Waals surface area (Å²) in [5, 5.41) is 5.89. The summed E-state index contributed by atoms with van der Waals surface area (Å²) >= 11 is 6.26. The van der Waals surface area contributed by atoms with Crippen molar-refractivity contribution >= 4 is 22.6 Å². The van der Waals surface area contributed by atoms with Crippen LogP contribution in [-0.4, -0.2) is 9.78 Å². The van der Waals surface area contributed by atoms with Crippen LogP contribution < -0.4 is 5.73 Å². The van der Waals surface area contributed by atoms with Crippen LogP contribution in [0.25, 0.3) is 11.0 Å². The van der Waals surface area contributed by atoms with Crippen LogP contribution in [0, 0.1) is 0 Å². The first-order valence-electron chi connectivity index (χ1n) is 6.54. The number of halogens is 1. The van der Waals surface area contributed by atoms with Crippen molar-refractivity contribution in [3.63, 3.8) is 0 Å². The van der Waals surface area contributed by atoms with E-state index in [1.807, 2.05) is 42.8 Å². The van der Waals surface area contributed by atoms with Gasteiger partial charge in [-0.3, -0.25) is 4.68 Å². The lowest BCUT2D eigenvalue weighted by atomic mass is 10.0. The topological polar surface area (TPSA) is 57.0 Å². The van der Waals surface area contributed by atoms with Gasteiger partial charge in [-0.1, -0.05) is 29.8 Å². The molecule has 1 atom stereocenters. The number of para-hydroxylation sites is 1. The molecule has 20 heavy (non-hydrogen) atoms. The van der Waals surface area contributed by atoms with Gasteiger partial charge in [0.25, 0.3) is 0 Å². The monoisotopic (exact) mass is 289 g/mol. The molecule has 3 aromatic rings. The number of benzene rings is 1. The number of hydrogen-bond donors (Lipinski definition) is 1. The zero-order valence-electron chi connectivity index (χ0n) is 11.4. The van der Waals surface area contributed by atoms with Crippen molar-refractivity contribution < 1.29 is 4.42 Å². The highest BCUT2D eigenvalue weighted by Crippen LogP contribution is 2.33. The molecule has 0 aliphatic heterocycles. The van der Waals surface area contributed by atoms with Gasteiger partial charge < -0.3 is 10.2 Å². The van der Waals surface area contributed by atoms with Gasteiger partial charge in [-0.25, -0.2) is 0 Å². The van der Waals surface area contributed by atoms with Gasteiger partial charge >= 0.3 is 0 Å². The molecule has 5 heteroatoms. The summed E-state index contributed by atoms with van der Waals surface area (Å²) in [5.74, 6) is 0. The molecule has 4 nitrogen and oxygen atoms in total. The first-order chi connectivity index (χ1) is 9.59. The summed E-state index contributed by atoms with van der Waals surface area (Å²) in [6, 6.07) is 7.66. The molecule has 2 aromatic heterocycles. The van der Waals surface area contributed by atoms with E-state index in [-0.39, 0.29) is 12.1 Å². The lowest BCUT2D eigenvalue weighted by molar-refractivity contribution is 0.498. The van der Waals surface area contributed by atoms with E-state index in [1.54, 1.807) is 12.5 Å². The smallest absolute Gasteiger partial charge is 0.134 e. The Morgan fingerprint density at radius 1 is 1.30 bits per heavy atom. The van der Waals surface area contributed by atoms with Gasteiger partial charge in [0.2, 0.25) is 0 Å². The largest absolute Gasteiger partial charge is 0.464 e. The number of fused-ring (bicyclic) bond motifs is 1. The van der Waals surface area contributed by atoms with Crippen molar-refractivity contribution in [3.05, 3.63) is 53.0 Å². The number of furan rings is 1. The van der Waals surface area contributed by atoms with Crippen molar-refractivity contribution in [1.29, 1.82) is 0 Å². The molecule has 1 aromatic carbocycles. The Kier molecular flexibility index (Phi) is 3.28. The molecule has 0 aliphatic rings. The van der Waals surface area contributed by atoms with E-state index >= 15 is 0 Å². The van der Waals surface area contributed by atoms with Crippen LogP contribution in [-0.2, 0) is 0 Å². The van der Waals surface area contributed by atoms with Crippen LogP contribution in [0.4, 0.5) is 0 Å². The minimum Gasteiger partial charge on any atom is -0.464 e. The molecule has 0 saturated carbocycles. The third kappa shape index (κ3) is 2.01. The first-order valence-corrected chi connectivity index (χ1v) is 6.92. The van der Waals surface area contributed by atoms with Gasteiger partial charge in [0.05, 0.1) is 29.2 Å². The Labute approximate surface area is 122 Å². The van der Waals surface area contributed by atoms with Crippen LogP contribution in [0.2, 0.25) is 5.02 Å². The number of nitrogens with zero attached hydrogens (tertiary/aromatic N) is 2. The summed E-state index contributed by atoms with van der Waals surface area (Å²) in [5.41, 5.74) is 8.96. The molecule has 0 bridgehead atoms. The van der Waals surface area contributed by atoms with Crippen LogP contribution in [0.5, 0.6) is 0 Å². The number of rotatable bonds is 3. The maximum atomic E-state index is 6.41. The maximum absolute atomic E-state index is 6.41. The van der Waals surface area contributed by atoms with E-state index in [2.05, 4.69) is 5.10 Å². The molecular weight excluding hydrogens is 274 g/mol. The van der Waals surface area contributed by atoms with Crippen molar-refractivity contribution in [2.24, 2.45) is 5.73 Å². The van der Waals surface area contributed by atoms with Gasteiger partial charge in [-0.15, -0.1) is 0 Å². The highest BCUT2D eigenvalue weighted by atomic mass is 35.5. The molecule has 104 valence electrons. The minimum atomic E-state index is -0.365. The third-order valence-corrected chi connectivity index (χ3v) is 3.71.